The monoisotopic (exact) mass is 489 g/mol. The first-order chi connectivity index (χ1) is 17.2. The van der Waals surface area contributed by atoms with Crippen LogP contribution in [-0.4, -0.2) is 19.6 Å². The largest absolute Gasteiger partial charge is 0.354 e. The minimum Gasteiger partial charge on any atom is -0.354 e. The Kier molecular flexibility index (Phi) is 5.58. The maximum absolute atomic E-state index is 15.0. The molecule has 184 valence electrons. The minimum atomic E-state index is -0.697. The highest BCUT2D eigenvalue weighted by molar-refractivity contribution is 5.94. The Balaban J connectivity index is 1.88. The number of aromatic nitrogens is 3. The van der Waals surface area contributed by atoms with E-state index in [1.165, 1.54) is 36.7 Å². The predicted octanol–water partition coefficient (Wildman–Crippen LogP) is 3.34. The number of nitrogens with one attached hydrogen (secondary N) is 2. The second-order valence-electron chi connectivity index (χ2n) is 8.93. The first-order valence-electron chi connectivity index (χ1n) is 11.5. The van der Waals surface area contributed by atoms with Crippen LogP contribution in [0.3, 0.4) is 0 Å². The zero-order valence-corrected chi connectivity index (χ0v) is 20.0. The van der Waals surface area contributed by atoms with Crippen LogP contribution in [0.15, 0.2) is 62.9 Å². The molecule has 10 heteroatoms. The first kappa shape index (κ1) is 23.3. The maximum atomic E-state index is 15.0. The summed E-state index contributed by atoms with van der Waals surface area (Å²) in [6.07, 6.45) is 1.31. The number of aryl methyl sites for hydroxylation is 1. The number of anilines is 3. The molecule has 1 aliphatic rings. The minimum absolute atomic E-state index is 0.0110. The number of hydrogen-bond acceptors (Lipinski definition) is 5. The Bertz CT molecular complexity index is 1730. The summed E-state index contributed by atoms with van der Waals surface area (Å²) < 4.78 is 18.4. The van der Waals surface area contributed by atoms with E-state index < -0.39 is 22.6 Å². The molecule has 1 amide bonds. The zero-order valence-electron chi connectivity index (χ0n) is 20.0. The van der Waals surface area contributed by atoms with Crippen molar-refractivity contribution in [1.82, 2.24) is 13.7 Å². The number of carbonyl (C=O) groups excluding carboxylic acids is 1. The molecule has 2 aromatic heterocycles. The van der Waals surface area contributed by atoms with E-state index in [0.717, 1.165) is 9.13 Å². The van der Waals surface area contributed by atoms with Crippen molar-refractivity contribution in [2.45, 2.75) is 32.7 Å². The van der Waals surface area contributed by atoms with Gasteiger partial charge in [-0.05, 0) is 50.1 Å². The molecule has 2 heterocycles. The highest BCUT2D eigenvalue weighted by atomic mass is 19.1. The number of pyridine rings is 1. The van der Waals surface area contributed by atoms with Gasteiger partial charge in [-0.1, -0.05) is 18.2 Å². The van der Waals surface area contributed by atoms with Gasteiger partial charge >= 0.3 is 5.69 Å². The van der Waals surface area contributed by atoms with Gasteiger partial charge < -0.3 is 10.6 Å². The normalized spacial score (nSPS) is 13.1. The molecule has 0 radical (unpaired) electrons. The Hall–Kier alpha value is -4.47. The number of rotatable bonds is 5. The molecule has 0 spiro atoms. The van der Waals surface area contributed by atoms with E-state index in [1.807, 2.05) is 0 Å². The van der Waals surface area contributed by atoms with E-state index in [-0.39, 0.29) is 39.9 Å². The van der Waals surface area contributed by atoms with Gasteiger partial charge in [0.25, 0.3) is 11.1 Å². The number of fused-ring (bicyclic) bond motifs is 1. The van der Waals surface area contributed by atoms with E-state index in [1.54, 1.807) is 37.3 Å². The Morgan fingerprint density at radius 1 is 1.00 bits per heavy atom. The van der Waals surface area contributed by atoms with Crippen molar-refractivity contribution in [3.63, 3.8) is 0 Å². The van der Waals surface area contributed by atoms with Crippen LogP contribution >= 0.6 is 0 Å². The van der Waals surface area contributed by atoms with Gasteiger partial charge in [0, 0.05) is 37.0 Å². The molecule has 5 rings (SSSR count). The van der Waals surface area contributed by atoms with Crippen LogP contribution in [0.5, 0.6) is 0 Å². The quantitative estimate of drug-likeness (QED) is 0.447. The summed E-state index contributed by atoms with van der Waals surface area (Å²) in [5.74, 6) is -0.906. The average Bonchev–Trinajstić information content (AvgIpc) is 3.66. The average molecular weight is 490 g/mol. The second-order valence-corrected chi connectivity index (χ2v) is 8.93. The van der Waals surface area contributed by atoms with Gasteiger partial charge in [0.15, 0.2) is 0 Å². The van der Waals surface area contributed by atoms with Crippen LogP contribution in [0.4, 0.5) is 21.5 Å². The van der Waals surface area contributed by atoms with E-state index in [2.05, 4.69) is 10.6 Å². The number of amides is 1. The summed E-state index contributed by atoms with van der Waals surface area (Å²) in [5.41, 5.74) is -0.247. The van der Waals surface area contributed by atoms with Crippen molar-refractivity contribution < 1.29 is 9.18 Å². The van der Waals surface area contributed by atoms with Gasteiger partial charge in [-0.15, -0.1) is 0 Å². The topological polar surface area (TPSA) is 107 Å². The number of para-hydroxylation sites is 1. The van der Waals surface area contributed by atoms with Crippen LogP contribution in [0, 0.1) is 12.7 Å². The van der Waals surface area contributed by atoms with Crippen LogP contribution in [0.1, 0.15) is 31.4 Å². The Morgan fingerprint density at radius 2 is 1.69 bits per heavy atom. The molecule has 0 saturated heterocycles. The Labute approximate surface area is 204 Å². The van der Waals surface area contributed by atoms with Crippen molar-refractivity contribution in [3.05, 3.63) is 91.1 Å². The fourth-order valence-corrected chi connectivity index (χ4v) is 4.48. The zero-order chi connectivity index (χ0) is 25.7. The molecule has 1 fully saturated rings. The molecule has 4 aromatic rings. The number of halogens is 1. The van der Waals surface area contributed by atoms with E-state index >= 15 is 0 Å². The van der Waals surface area contributed by atoms with Gasteiger partial charge in [0.1, 0.15) is 16.9 Å². The fourth-order valence-electron chi connectivity index (χ4n) is 4.48. The van der Waals surface area contributed by atoms with Crippen molar-refractivity contribution in [3.8, 4) is 5.69 Å². The lowest BCUT2D eigenvalue weighted by Crippen LogP contribution is -2.42. The second kappa shape index (κ2) is 8.63. The lowest BCUT2D eigenvalue weighted by Gasteiger charge is -2.20. The van der Waals surface area contributed by atoms with Gasteiger partial charge in [-0.3, -0.25) is 23.5 Å². The van der Waals surface area contributed by atoms with Gasteiger partial charge in [-0.2, -0.15) is 0 Å². The predicted molar refractivity (Wildman–Crippen MR) is 136 cm³/mol. The van der Waals surface area contributed by atoms with Crippen LogP contribution in [-0.2, 0) is 11.8 Å². The molecule has 0 aliphatic heterocycles. The van der Waals surface area contributed by atoms with E-state index in [9.17, 15) is 23.6 Å². The SMILES string of the molecule is CC(=O)Nc1cccc(Nc2c(C)c(=O)n(C)c3c2c(=O)n(C2CC2)c(=O)n3-c2ccccc2F)c1. The van der Waals surface area contributed by atoms with Crippen molar-refractivity contribution in [2.24, 2.45) is 7.05 Å². The standard InChI is InChI=1S/C26H24FN5O4/c1-14-22(29-17-8-6-7-16(13-17)28-15(2)33)21-23(30(3)24(14)34)32(20-10-5-4-9-19(20)27)26(36)31(25(21)35)18-11-12-18/h4-10,13,18,29H,11-12H2,1-3H3,(H,28,33). The number of hydrogen-bond donors (Lipinski definition) is 2. The third-order valence-electron chi connectivity index (χ3n) is 6.29. The summed E-state index contributed by atoms with van der Waals surface area (Å²) in [6.45, 7) is 2.97. The summed E-state index contributed by atoms with van der Waals surface area (Å²) >= 11 is 0. The van der Waals surface area contributed by atoms with Gasteiger partial charge in [0.2, 0.25) is 5.91 Å². The highest BCUT2D eigenvalue weighted by Gasteiger charge is 2.32. The van der Waals surface area contributed by atoms with Crippen LogP contribution in [0.25, 0.3) is 16.7 Å². The summed E-state index contributed by atoms with van der Waals surface area (Å²) in [7, 11) is 1.45. The molecule has 2 aromatic carbocycles. The molecule has 9 nitrogen and oxygen atoms in total. The van der Waals surface area contributed by atoms with Crippen molar-refractivity contribution >= 4 is 34.0 Å². The number of nitrogens with zero attached hydrogens (tertiary/aromatic N) is 3. The third kappa shape index (κ3) is 3.80. The number of benzene rings is 2. The summed E-state index contributed by atoms with van der Waals surface area (Å²) in [5, 5.41) is 5.94. The van der Waals surface area contributed by atoms with E-state index in [0.29, 0.717) is 24.2 Å². The third-order valence-corrected chi connectivity index (χ3v) is 6.29. The molecule has 36 heavy (non-hydrogen) atoms. The lowest BCUT2D eigenvalue weighted by atomic mass is 10.1. The van der Waals surface area contributed by atoms with Gasteiger partial charge in [0.05, 0.1) is 11.4 Å². The van der Waals surface area contributed by atoms with Crippen LogP contribution < -0.4 is 27.4 Å². The molecule has 2 N–H and O–H groups in total. The van der Waals surface area contributed by atoms with E-state index in [4.69, 9.17) is 0 Å². The first-order valence-corrected chi connectivity index (χ1v) is 11.5. The highest BCUT2D eigenvalue weighted by Crippen LogP contribution is 2.34. The smallest absolute Gasteiger partial charge is 0.337 e. The van der Waals surface area contributed by atoms with Gasteiger partial charge in [-0.25, -0.2) is 13.8 Å². The fraction of sp³-hybridized carbons (Fsp3) is 0.231. The summed E-state index contributed by atoms with van der Waals surface area (Å²) in [4.78, 5) is 52.1. The molecule has 0 bridgehead atoms. The Morgan fingerprint density at radius 3 is 2.36 bits per heavy atom. The summed E-state index contributed by atoms with van der Waals surface area (Å²) in [6, 6.07) is 12.3. The van der Waals surface area contributed by atoms with Crippen molar-refractivity contribution in [2.75, 3.05) is 10.6 Å². The lowest BCUT2D eigenvalue weighted by molar-refractivity contribution is -0.114. The maximum Gasteiger partial charge on any atom is 0.337 e. The van der Waals surface area contributed by atoms with Crippen molar-refractivity contribution in [1.29, 1.82) is 0 Å². The molecule has 0 unspecified atom stereocenters. The molecular formula is C26H24FN5O4. The number of carbonyl (C=O) groups is 1. The molecule has 1 saturated carbocycles. The van der Waals surface area contributed by atoms with Crippen LogP contribution in [0.2, 0.25) is 0 Å². The molecule has 1 aliphatic carbocycles. The molecule has 0 atom stereocenters. The molecular weight excluding hydrogens is 465 g/mol.